The molecular formula is C24H25N3O2. The lowest BCUT2D eigenvalue weighted by Crippen LogP contribution is -2.31. The van der Waals surface area contributed by atoms with Crippen LogP contribution in [0, 0.1) is 5.92 Å². The molecule has 0 amide bonds. The van der Waals surface area contributed by atoms with Crippen molar-refractivity contribution in [2.75, 3.05) is 6.54 Å². The van der Waals surface area contributed by atoms with Crippen molar-refractivity contribution in [3.8, 4) is 17.1 Å². The summed E-state index contributed by atoms with van der Waals surface area (Å²) in [5.74, 6) is 2.25. The lowest BCUT2D eigenvalue weighted by Gasteiger charge is -2.26. The molecule has 2 aliphatic rings. The number of H-pyrrole nitrogens is 1. The zero-order chi connectivity index (χ0) is 19.6. The van der Waals surface area contributed by atoms with Gasteiger partial charge in [-0.2, -0.15) is 0 Å². The van der Waals surface area contributed by atoms with Crippen LogP contribution in [0.5, 0.6) is 5.75 Å². The molecule has 1 aliphatic carbocycles. The molecule has 2 heterocycles. The van der Waals surface area contributed by atoms with E-state index in [1.54, 1.807) is 0 Å². The standard InChI is InChI=1S/C24H25N3O2/c28-23-13-20(16-29-22-4-2-1-3-5-22)25-24(26-23)19-9-6-17(7-10-19)14-27-15-18-8-11-21(27)12-18/h1-7,9-10,13,18,21H,8,11-12,14-16H2,(H,25,26,28)/t18-,21-/m0/s1. The molecule has 1 N–H and O–H groups in total. The van der Waals surface area contributed by atoms with Crippen LogP contribution in [-0.4, -0.2) is 27.5 Å². The Morgan fingerprint density at radius 3 is 2.62 bits per heavy atom. The number of likely N-dealkylation sites (tertiary alicyclic amines) is 1. The molecule has 1 aliphatic heterocycles. The normalized spacial score (nSPS) is 20.8. The smallest absolute Gasteiger partial charge is 0.251 e. The first kappa shape index (κ1) is 18.1. The Kier molecular flexibility index (Phi) is 4.90. The first-order chi connectivity index (χ1) is 14.2. The van der Waals surface area contributed by atoms with Crippen molar-refractivity contribution in [3.05, 3.63) is 82.3 Å². The third kappa shape index (κ3) is 4.10. The molecule has 5 nitrogen and oxygen atoms in total. The molecule has 148 valence electrons. The average molecular weight is 387 g/mol. The highest BCUT2D eigenvalue weighted by Crippen LogP contribution is 2.38. The van der Waals surface area contributed by atoms with Crippen LogP contribution in [-0.2, 0) is 13.2 Å². The van der Waals surface area contributed by atoms with E-state index in [1.165, 1.54) is 37.4 Å². The number of aromatic amines is 1. The van der Waals surface area contributed by atoms with Crippen LogP contribution in [0.1, 0.15) is 30.5 Å². The van der Waals surface area contributed by atoms with E-state index in [0.717, 1.165) is 29.8 Å². The number of piperidine rings is 1. The van der Waals surface area contributed by atoms with Gasteiger partial charge in [-0.25, -0.2) is 4.98 Å². The number of benzene rings is 2. The van der Waals surface area contributed by atoms with Crippen molar-refractivity contribution in [2.45, 2.75) is 38.5 Å². The maximum atomic E-state index is 12.1. The number of ether oxygens (including phenoxy) is 1. The molecule has 5 heteroatoms. The van der Waals surface area contributed by atoms with E-state index in [-0.39, 0.29) is 12.2 Å². The van der Waals surface area contributed by atoms with Gasteiger partial charge in [0.1, 0.15) is 18.2 Å². The number of fused-ring (bicyclic) bond motifs is 2. The number of para-hydroxylation sites is 1. The largest absolute Gasteiger partial charge is 0.487 e. The van der Waals surface area contributed by atoms with Crippen LogP contribution in [0.25, 0.3) is 11.4 Å². The minimum Gasteiger partial charge on any atom is -0.487 e. The number of hydrogen-bond acceptors (Lipinski definition) is 4. The second-order valence-electron chi connectivity index (χ2n) is 8.15. The summed E-state index contributed by atoms with van der Waals surface area (Å²) in [6.45, 7) is 2.51. The second kappa shape index (κ2) is 7.84. The van der Waals surface area contributed by atoms with E-state index in [9.17, 15) is 4.79 Å². The van der Waals surface area contributed by atoms with Gasteiger partial charge in [-0.1, -0.05) is 42.5 Å². The van der Waals surface area contributed by atoms with Crippen LogP contribution >= 0.6 is 0 Å². The summed E-state index contributed by atoms with van der Waals surface area (Å²) in [5, 5.41) is 0. The zero-order valence-electron chi connectivity index (χ0n) is 16.4. The highest BCUT2D eigenvalue weighted by molar-refractivity contribution is 5.55. The average Bonchev–Trinajstić information content (AvgIpc) is 3.36. The van der Waals surface area contributed by atoms with Crippen molar-refractivity contribution < 1.29 is 4.74 Å². The maximum Gasteiger partial charge on any atom is 0.251 e. The lowest BCUT2D eigenvalue weighted by atomic mass is 10.1. The van der Waals surface area contributed by atoms with Crippen molar-refractivity contribution in [3.63, 3.8) is 0 Å². The number of nitrogens with one attached hydrogen (secondary N) is 1. The predicted octanol–water partition coefficient (Wildman–Crippen LogP) is 4.00. The fraction of sp³-hybridized carbons (Fsp3) is 0.333. The summed E-state index contributed by atoms with van der Waals surface area (Å²) in [4.78, 5) is 22.2. The molecule has 1 saturated heterocycles. The Morgan fingerprint density at radius 2 is 1.90 bits per heavy atom. The molecule has 5 rings (SSSR count). The number of nitrogens with zero attached hydrogens (tertiary/aromatic N) is 2. The van der Waals surface area contributed by atoms with Gasteiger partial charge in [-0.05, 0) is 42.9 Å². The Morgan fingerprint density at radius 1 is 1.07 bits per heavy atom. The van der Waals surface area contributed by atoms with E-state index >= 15 is 0 Å². The first-order valence-corrected chi connectivity index (χ1v) is 10.3. The summed E-state index contributed by atoms with van der Waals surface area (Å²) < 4.78 is 5.73. The van der Waals surface area contributed by atoms with Gasteiger partial charge in [0.25, 0.3) is 5.56 Å². The van der Waals surface area contributed by atoms with Gasteiger partial charge >= 0.3 is 0 Å². The van der Waals surface area contributed by atoms with Gasteiger partial charge in [0.15, 0.2) is 0 Å². The van der Waals surface area contributed by atoms with Gasteiger partial charge in [0, 0.05) is 30.8 Å². The molecule has 0 spiro atoms. The number of rotatable bonds is 6. The first-order valence-electron chi connectivity index (χ1n) is 10.3. The van der Waals surface area contributed by atoms with E-state index in [1.807, 2.05) is 42.5 Å². The third-order valence-electron chi connectivity index (χ3n) is 6.06. The predicted molar refractivity (Wildman–Crippen MR) is 113 cm³/mol. The van der Waals surface area contributed by atoms with Gasteiger partial charge in [-0.15, -0.1) is 0 Å². The molecule has 2 atom stereocenters. The number of aromatic nitrogens is 2. The number of hydrogen-bond donors (Lipinski definition) is 1. The van der Waals surface area contributed by atoms with Crippen molar-refractivity contribution >= 4 is 0 Å². The summed E-state index contributed by atoms with van der Waals surface area (Å²) in [6, 6.07) is 20.2. The van der Waals surface area contributed by atoms with Crippen LogP contribution in [0.2, 0.25) is 0 Å². The highest BCUT2D eigenvalue weighted by Gasteiger charge is 2.37. The SMILES string of the molecule is O=c1cc(COc2ccccc2)nc(-c2ccc(CN3C[C@H]4CC[C@H]3C4)cc2)[nH]1. The Balaban J connectivity index is 1.28. The molecule has 2 fully saturated rings. The molecule has 1 aromatic heterocycles. The summed E-state index contributed by atoms with van der Waals surface area (Å²) in [7, 11) is 0. The molecular weight excluding hydrogens is 362 g/mol. The molecule has 29 heavy (non-hydrogen) atoms. The Bertz CT molecular complexity index is 1030. The molecule has 2 aromatic carbocycles. The summed E-state index contributed by atoms with van der Waals surface area (Å²) in [5.41, 5.74) is 2.67. The fourth-order valence-electron chi connectivity index (χ4n) is 4.62. The Labute approximate surface area is 170 Å². The van der Waals surface area contributed by atoms with Gasteiger partial charge < -0.3 is 9.72 Å². The van der Waals surface area contributed by atoms with E-state index in [2.05, 4.69) is 27.0 Å². The van der Waals surface area contributed by atoms with Crippen LogP contribution in [0.15, 0.2) is 65.5 Å². The molecule has 3 aromatic rings. The minimum absolute atomic E-state index is 0.168. The van der Waals surface area contributed by atoms with Crippen LogP contribution in [0.4, 0.5) is 0 Å². The van der Waals surface area contributed by atoms with Gasteiger partial charge in [0.2, 0.25) is 0 Å². The van der Waals surface area contributed by atoms with E-state index < -0.39 is 0 Å². The third-order valence-corrected chi connectivity index (χ3v) is 6.06. The van der Waals surface area contributed by atoms with Crippen LogP contribution < -0.4 is 10.3 Å². The van der Waals surface area contributed by atoms with Crippen molar-refractivity contribution in [2.24, 2.45) is 5.92 Å². The van der Waals surface area contributed by atoms with E-state index in [0.29, 0.717) is 11.5 Å². The summed E-state index contributed by atoms with van der Waals surface area (Å²) >= 11 is 0. The van der Waals surface area contributed by atoms with Gasteiger partial charge in [0.05, 0.1) is 5.69 Å². The topological polar surface area (TPSA) is 58.2 Å². The highest BCUT2D eigenvalue weighted by atomic mass is 16.5. The van der Waals surface area contributed by atoms with Gasteiger partial charge in [-0.3, -0.25) is 9.69 Å². The molecule has 0 unspecified atom stereocenters. The fourth-order valence-corrected chi connectivity index (χ4v) is 4.62. The van der Waals surface area contributed by atoms with Crippen molar-refractivity contribution in [1.29, 1.82) is 0 Å². The lowest BCUT2D eigenvalue weighted by molar-refractivity contribution is 0.205. The Hall–Kier alpha value is -2.92. The molecule has 2 bridgehead atoms. The van der Waals surface area contributed by atoms with Crippen LogP contribution in [0.3, 0.4) is 0 Å². The zero-order valence-corrected chi connectivity index (χ0v) is 16.4. The molecule has 1 saturated carbocycles. The van der Waals surface area contributed by atoms with Crippen molar-refractivity contribution in [1.82, 2.24) is 14.9 Å². The second-order valence-corrected chi connectivity index (χ2v) is 8.15. The quantitative estimate of drug-likeness (QED) is 0.695. The maximum absolute atomic E-state index is 12.1. The minimum atomic E-state index is -0.168. The van der Waals surface area contributed by atoms with E-state index in [4.69, 9.17) is 4.74 Å². The summed E-state index contributed by atoms with van der Waals surface area (Å²) in [6.07, 6.45) is 4.14. The monoisotopic (exact) mass is 387 g/mol. The molecule has 0 radical (unpaired) electrons.